The third-order valence-corrected chi connectivity index (χ3v) is 4.72. The van der Waals surface area contributed by atoms with Crippen LogP contribution >= 0.6 is 0 Å². The van der Waals surface area contributed by atoms with Crippen LogP contribution in [0.1, 0.15) is 91.4 Å². The Morgan fingerprint density at radius 1 is 0.826 bits per heavy atom. The van der Waals surface area contributed by atoms with Crippen molar-refractivity contribution < 1.29 is 9.44 Å². The molecule has 138 valence electrons. The Labute approximate surface area is 144 Å². The summed E-state index contributed by atoms with van der Waals surface area (Å²) in [5.41, 5.74) is 0. The minimum atomic E-state index is -0.145. The lowest BCUT2D eigenvalue weighted by atomic mass is 10.1. The molecule has 0 aromatic carbocycles. The number of hydrogen-bond donors (Lipinski definition) is 1. The first-order valence-electron chi connectivity index (χ1n) is 9.91. The van der Waals surface area contributed by atoms with Crippen molar-refractivity contribution in [1.82, 2.24) is 5.32 Å². The molecule has 0 saturated heterocycles. The number of quaternary nitrogens is 1. The molecule has 0 aromatic rings. The molecule has 0 aliphatic carbocycles. The fraction of sp³-hybridized carbons (Fsp3) is 0.947. The minimum absolute atomic E-state index is 0.143. The van der Waals surface area contributed by atoms with Crippen LogP contribution in [0.5, 0.6) is 0 Å². The van der Waals surface area contributed by atoms with Crippen molar-refractivity contribution in [3.63, 3.8) is 0 Å². The van der Waals surface area contributed by atoms with Gasteiger partial charge in [0.1, 0.15) is 0 Å². The van der Waals surface area contributed by atoms with Crippen LogP contribution in [0.3, 0.4) is 0 Å². The van der Waals surface area contributed by atoms with Gasteiger partial charge in [-0.25, -0.2) is 0 Å². The number of nitrogens with one attached hydrogen (secondary N) is 1. The third-order valence-electron chi connectivity index (χ3n) is 4.72. The molecule has 0 radical (unpaired) electrons. The number of hydroxylamine groups is 3. The second-order valence-electron chi connectivity index (χ2n) is 6.70. The molecule has 1 amide bonds. The molecule has 0 saturated carbocycles. The molecule has 4 nitrogen and oxygen atoms in total. The van der Waals surface area contributed by atoms with Gasteiger partial charge >= 0.3 is 0 Å². The van der Waals surface area contributed by atoms with E-state index in [1.807, 2.05) is 13.8 Å². The number of hydrogen-bond acceptors (Lipinski definition) is 2. The van der Waals surface area contributed by atoms with Crippen LogP contribution < -0.4 is 5.32 Å². The summed E-state index contributed by atoms with van der Waals surface area (Å²) < 4.78 is -0.145. The zero-order valence-corrected chi connectivity index (χ0v) is 15.9. The van der Waals surface area contributed by atoms with E-state index < -0.39 is 0 Å². The zero-order valence-electron chi connectivity index (χ0n) is 15.9. The predicted molar refractivity (Wildman–Crippen MR) is 99.0 cm³/mol. The van der Waals surface area contributed by atoms with E-state index in [0.717, 1.165) is 19.3 Å². The normalized spacial score (nSPS) is 11.7. The zero-order chi connectivity index (χ0) is 17.4. The van der Waals surface area contributed by atoms with Crippen LogP contribution in [0.25, 0.3) is 0 Å². The minimum Gasteiger partial charge on any atom is -0.633 e. The van der Waals surface area contributed by atoms with E-state index in [2.05, 4.69) is 12.2 Å². The largest absolute Gasteiger partial charge is 0.633 e. The van der Waals surface area contributed by atoms with Crippen molar-refractivity contribution in [3.8, 4) is 0 Å². The molecule has 0 aliphatic heterocycles. The second-order valence-corrected chi connectivity index (χ2v) is 6.70. The summed E-state index contributed by atoms with van der Waals surface area (Å²) in [6.45, 7) is 8.57. The standard InChI is InChI=1S/C19H40N2O2/c1-4-7-8-9-10-11-12-13-14-16-19(22)20-17-15-18-21(23,5-2)6-3/h4-18H2,1-3H3,(H,20,22). The molecule has 0 spiro atoms. The Morgan fingerprint density at radius 3 is 1.87 bits per heavy atom. The first-order chi connectivity index (χ1) is 11.1. The van der Waals surface area contributed by atoms with Gasteiger partial charge in [-0.15, -0.1) is 0 Å². The molecular formula is C19H40N2O2. The van der Waals surface area contributed by atoms with Crippen LogP contribution in [0.2, 0.25) is 0 Å². The molecule has 0 aromatic heterocycles. The van der Waals surface area contributed by atoms with E-state index in [4.69, 9.17) is 0 Å². The fourth-order valence-corrected chi connectivity index (χ4v) is 2.82. The van der Waals surface area contributed by atoms with Gasteiger partial charge in [0.15, 0.2) is 0 Å². The van der Waals surface area contributed by atoms with Gasteiger partial charge in [0.25, 0.3) is 0 Å². The van der Waals surface area contributed by atoms with Crippen LogP contribution in [-0.4, -0.2) is 36.7 Å². The van der Waals surface area contributed by atoms with Gasteiger partial charge in [0.2, 0.25) is 5.91 Å². The summed E-state index contributed by atoms with van der Waals surface area (Å²) in [5, 5.41) is 15.0. The van der Waals surface area contributed by atoms with Crippen molar-refractivity contribution in [2.75, 3.05) is 26.2 Å². The molecule has 0 atom stereocenters. The number of carbonyl (C=O) groups is 1. The maximum atomic E-state index is 12.1. The molecule has 0 bridgehead atoms. The number of rotatable bonds is 16. The first kappa shape index (κ1) is 22.4. The molecule has 0 heterocycles. The summed E-state index contributed by atoms with van der Waals surface area (Å²) in [4.78, 5) is 11.7. The lowest BCUT2D eigenvalue weighted by Gasteiger charge is -2.41. The Balaban J connectivity index is 3.38. The van der Waals surface area contributed by atoms with E-state index in [9.17, 15) is 10.0 Å². The van der Waals surface area contributed by atoms with Gasteiger partial charge < -0.3 is 15.2 Å². The lowest BCUT2D eigenvalue weighted by Crippen LogP contribution is -2.43. The van der Waals surface area contributed by atoms with Crippen molar-refractivity contribution >= 4 is 5.91 Å². The maximum absolute atomic E-state index is 12.1. The summed E-state index contributed by atoms with van der Waals surface area (Å²) >= 11 is 0. The highest BCUT2D eigenvalue weighted by atomic mass is 16.5. The molecule has 0 fully saturated rings. The van der Waals surface area contributed by atoms with E-state index >= 15 is 0 Å². The van der Waals surface area contributed by atoms with Gasteiger partial charge in [-0.3, -0.25) is 4.79 Å². The monoisotopic (exact) mass is 328 g/mol. The van der Waals surface area contributed by atoms with Crippen LogP contribution in [0.15, 0.2) is 0 Å². The van der Waals surface area contributed by atoms with E-state index in [-0.39, 0.29) is 10.6 Å². The molecular weight excluding hydrogens is 288 g/mol. The quantitative estimate of drug-likeness (QED) is 0.252. The maximum Gasteiger partial charge on any atom is 0.219 e. The highest BCUT2D eigenvalue weighted by molar-refractivity contribution is 5.75. The highest BCUT2D eigenvalue weighted by Gasteiger charge is 2.10. The summed E-state index contributed by atoms with van der Waals surface area (Å²) in [5.74, 6) is 0.143. The first-order valence-corrected chi connectivity index (χ1v) is 9.91. The fourth-order valence-electron chi connectivity index (χ4n) is 2.82. The Kier molecular flexibility index (Phi) is 14.6. The number of carbonyl (C=O) groups excluding carboxylic acids is 1. The van der Waals surface area contributed by atoms with Crippen LogP contribution in [-0.2, 0) is 4.79 Å². The molecule has 0 aliphatic rings. The van der Waals surface area contributed by atoms with E-state index in [1.165, 1.54) is 44.9 Å². The second kappa shape index (κ2) is 14.9. The van der Waals surface area contributed by atoms with Crippen molar-refractivity contribution in [2.45, 2.75) is 91.4 Å². The predicted octanol–water partition coefficient (Wildman–Crippen LogP) is 4.77. The van der Waals surface area contributed by atoms with Gasteiger partial charge in [0.05, 0.1) is 19.6 Å². The summed E-state index contributed by atoms with van der Waals surface area (Å²) in [6, 6.07) is 0. The lowest BCUT2D eigenvalue weighted by molar-refractivity contribution is -0.877. The van der Waals surface area contributed by atoms with E-state index in [1.54, 1.807) is 0 Å². The van der Waals surface area contributed by atoms with Gasteiger partial charge in [-0.05, 0) is 20.3 Å². The molecule has 23 heavy (non-hydrogen) atoms. The smallest absolute Gasteiger partial charge is 0.219 e. The molecule has 0 unspecified atom stereocenters. The average Bonchev–Trinajstić information content (AvgIpc) is 2.57. The Morgan fingerprint density at radius 2 is 1.35 bits per heavy atom. The highest BCUT2D eigenvalue weighted by Crippen LogP contribution is 2.10. The average molecular weight is 329 g/mol. The Hall–Kier alpha value is -0.610. The molecule has 1 N–H and O–H groups in total. The van der Waals surface area contributed by atoms with Gasteiger partial charge in [-0.1, -0.05) is 58.3 Å². The SMILES string of the molecule is CCCCCCCCCCCC(=O)NCCC[N+]([O-])(CC)CC. The molecule has 0 rings (SSSR count). The van der Waals surface area contributed by atoms with Crippen molar-refractivity contribution in [2.24, 2.45) is 0 Å². The van der Waals surface area contributed by atoms with Gasteiger partial charge in [-0.2, -0.15) is 0 Å². The van der Waals surface area contributed by atoms with Crippen molar-refractivity contribution in [1.29, 1.82) is 0 Å². The number of nitrogens with zero attached hydrogens (tertiary/aromatic N) is 1. The number of unbranched alkanes of at least 4 members (excludes halogenated alkanes) is 8. The summed E-state index contributed by atoms with van der Waals surface area (Å²) in [7, 11) is 0. The topological polar surface area (TPSA) is 52.2 Å². The van der Waals surface area contributed by atoms with Gasteiger partial charge in [0, 0.05) is 19.4 Å². The summed E-state index contributed by atoms with van der Waals surface area (Å²) in [6.07, 6.45) is 12.9. The van der Waals surface area contributed by atoms with E-state index in [0.29, 0.717) is 32.6 Å². The third kappa shape index (κ3) is 13.5. The van der Waals surface area contributed by atoms with Crippen molar-refractivity contribution in [3.05, 3.63) is 5.21 Å². The van der Waals surface area contributed by atoms with Crippen LogP contribution in [0.4, 0.5) is 0 Å². The van der Waals surface area contributed by atoms with Crippen LogP contribution in [0, 0.1) is 5.21 Å². The molecule has 4 heteroatoms. The Bertz CT molecular complexity index is 279. The number of amides is 1.